The minimum absolute atomic E-state index is 0.587. The standard InChI is InChI=1S/C56H44N6.C4H8.C2H6/c1-3-20-39(21-4-2)38-57-56-52(58-43-27-13-7-14-28-43)48-35-34-47-46-32-17-18-33-51(46)61(53(47)54(48)62(56)44-29-15-8-16-30-44)45-31-19-26-42(36-45)55-59-49(40-22-9-5-10-23-40)37-50(60-55)41-24-11-6-12-25-41;1-3-4-2;1-2/h3-37,57-58H,1,38H2,2H3;3-4H,1-2H3;1-2H3/b21-4-,39-20+;4-3-;. The van der Waals surface area contributed by atoms with E-state index in [0.29, 0.717) is 12.4 Å². The Morgan fingerprint density at radius 3 is 1.69 bits per heavy atom. The highest BCUT2D eigenvalue weighted by Crippen LogP contribution is 2.46. The Hall–Kier alpha value is -8.48. The average molecular weight is 887 g/mol. The average Bonchev–Trinajstić information content (AvgIpc) is 3.92. The number of hydrogen-bond acceptors (Lipinski definition) is 4. The van der Waals surface area contributed by atoms with E-state index in [4.69, 9.17) is 9.97 Å². The van der Waals surface area contributed by atoms with Crippen molar-refractivity contribution in [1.82, 2.24) is 19.1 Å². The molecular formula is C62H58N6. The maximum atomic E-state index is 5.21. The number of aromatic nitrogens is 4. The molecule has 0 spiro atoms. The van der Waals surface area contributed by atoms with Crippen LogP contribution in [-0.4, -0.2) is 25.6 Å². The highest BCUT2D eigenvalue weighted by Gasteiger charge is 2.25. The summed E-state index contributed by atoms with van der Waals surface area (Å²) in [6.45, 7) is 14.6. The molecule has 0 amide bonds. The van der Waals surface area contributed by atoms with E-state index in [1.165, 1.54) is 5.39 Å². The van der Waals surface area contributed by atoms with E-state index in [2.05, 4.69) is 214 Å². The van der Waals surface area contributed by atoms with Crippen LogP contribution in [0.15, 0.2) is 237 Å². The van der Waals surface area contributed by atoms with Crippen molar-refractivity contribution >= 4 is 49.9 Å². The van der Waals surface area contributed by atoms with Gasteiger partial charge in [-0.05, 0) is 80.9 Å². The van der Waals surface area contributed by atoms with Crippen molar-refractivity contribution in [2.45, 2.75) is 34.6 Å². The van der Waals surface area contributed by atoms with Gasteiger partial charge >= 0.3 is 0 Å². The molecule has 7 aromatic carbocycles. The molecule has 0 saturated heterocycles. The van der Waals surface area contributed by atoms with Crippen LogP contribution in [-0.2, 0) is 0 Å². The Morgan fingerprint density at radius 2 is 1.07 bits per heavy atom. The zero-order valence-corrected chi connectivity index (χ0v) is 39.6. The van der Waals surface area contributed by atoms with Crippen molar-refractivity contribution in [3.05, 3.63) is 237 Å². The van der Waals surface area contributed by atoms with Crippen molar-refractivity contribution in [2.24, 2.45) is 0 Å². The zero-order valence-electron chi connectivity index (χ0n) is 39.6. The van der Waals surface area contributed by atoms with Gasteiger partial charge in [-0.25, -0.2) is 9.97 Å². The van der Waals surface area contributed by atoms with Crippen molar-refractivity contribution in [2.75, 3.05) is 17.2 Å². The first-order valence-electron chi connectivity index (χ1n) is 23.4. The first-order valence-corrected chi connectivity index (χ1v) is 23.4. The van der Waals surface area contributed by atoms with Gasteiger partial charge in [0.1, 0.15) is 5.82 Å². The number of hydrogen-bond donors (Lipinski definition) is 2. The van der Waals surface area contributed by atoms with Gasteiger partial charge in [0.25, 0.3) is 0 Å². The van der Waals surface area contributed by atoms with E-state index in [1.54, 1.807) is 0 Å². The largest absolute Gasteiger partial charge is 0.365 e. The summed E-state index contributed by atoms with van der Waals surface area (Å²) < 4.78 is 4.79. The molecule has 0 saturated carbocycles. The summed E-state index contributed by atoms with van der Waals surface area (Å²) in [5, 5.41) is 11.1. The summed E-state index contributed by atoms with van der Waals surface area (Å²) in [5.74, 6) is 1.61. The van der Waals surface area contributed by atoms with Crippen LogP contribution in [0, 0.1) is 0 Å². The predicted molar refractivity (Wildman–Crippen MR) is 293 cm³/mol. The molecule has 2 N–H and O–H groups in total. The lowest BCUT2D eigenvalue weighted by Gasteiger charge is -2.17. The summed E-state index contributed by atoms with van der Waals surface area (Å²) in [6.07, 6.45) is 12.1. The van der Waals surface area contributed by atoms with E-state index in [9.17, 15) is 0 Å². The lowest BCUT2D eigenvalue weighted by molar-refractivity contribution is 1.09. The molecule has 0 unspecified atom stereocenters. The van der Waals surface area contributed by atoms with Gasteiger partial charge in [-0.1, -0.05) is 190 Å². The predicted octanol–water partition coefficient (Wildman–Crippen LogP) is 17.0. The van der Waals surface area contributed by atoms with Gasteiger partial charge in [0.05, 0.1) is 33.6 Å². The van der Waals surface area contributed by atoms with Crippen LogP contribution < -0.4 is 10.6 Å². The highest BCUT2D eigenvalue weighted by molar-refractivity contribution is 6.22. The Morgan fingerprint density at radius 1 is 0.529 bits per heavy atom. The maximum Gasteiger partial charge on any atom is 0.160 e. The van der Waals surface area contributed by atoms with E-state index in [1.807, 2.05) is 71.0 Å². The van der Waals surface area contributed by atoms with Crippen LogP contribution in [0.2, 0.25) is 0 Å². The molecule has 0 radical (unpaired) electrons. The topological polar surface area (TPSA) is 59.7 Å². The van der Waals surface area contributed by atoms with Crippen molar-refractivity contribution in [1.29, 1.82) is 0 Å². The van der Waals surface area contributed by atoms with Crippen LogP contribution in [0.5, 0.6) is 0 Å². The molecule has 10 aromatic rings. The quantitative estimate of drug-likeness (QED) is 0.0948. The van der Waals surface area contributed by atoms with Crippen molar-refractivity contribution in [3.8, 4) is 45.3 Å². The SMILES string of the molecule is C/C=C\C.C=C/C=C(\C=C/C)CNc1c(Nc2ccccc2)c2ccc3c4ccccc4n(-c4cccc(-c5nc(-c6ccccc6)cc(-c6ccccc6)n5)c4)c3c2n1-c1ccccc1.CC. The molecule has 336 valence electrons. The highest BCUT2D eigenvalue weighted by atomic mass is 15.2. The van der Waals surface area contributed by atoms with Crippen LogP contribution in [0.1, 0.15) is 34.6 Å². The molecule has 0 fully saturated rings. The fourth-order valence-electron chi connectivity index (χ4n) is 8.48. The second-order valence-electron chi connectivity index (χ2n) is 15.8. The lowest BCUT2D eigenvalue weighted by atomic mass is 10.1. The zero-order chi connectivity index (χ0) is 47.2. The molecule has 3 aromatic heterocycles. The summed E-state index contributed by atoms with van der Waals surface area (Å²) in [7, 11) is 0. The van der Waals surface area contributed by atoms with Gasteiger partial charge in [0.2, 0.25) is 0 Å². The molecule has 0 atom stereocenters. The van der Waals surface area contributed by atoms with E-state index < -0.39 is 0 Å². The van der Waals surface area contributed by atoms with Crippen molar-refractivity contribution < 1.29 is 0 Å². The number of fused-ring (bicyclic) bond motifs is 5. The first kappa shape index (κ1) is 46.1. The number of para-hydroxylation sites is 3. The van der Waals surface area contributed by atoms with Crippen LogP contribution in [0.3, 0.4) is 0 Å². The number of nitrogens with one attached hydrogen (secondary N) is 2. The number of rotatable bonds is 12. The van der Waals surface area contributed by atoms with Gasteiger partial charge in [-0.3, -0.25) is 4.57 Å². The van der Waals surface area contributed by atoms with Gasteiger partial charge in [0.15, 0.2) is 5.82 Å². The van der Waals surface area contributed by atoms with Crippen LogP contribution in [0.25, 0.3) is 78.0 Å². The normalized spacial score (nSPS) is 11.4. The lowest BCUT2D eigenvalue weighted by Crippen LogP contribution is -2.10. The fourth-order valence-corrected chi connectivity index (χ4v) is 8.48. The molecule has 6 nitrogen and oxygen atoms in total. The smallest absolute Gasteiger partial charge is 0.160 e. The summed E-state index contributed by atoms with van der Waals surface area (Å²) in [6, 6.07) is 65.6. The molecule has 68 heavy (non-hydrogen) atoms. The molecule has 3 heterocycles. The summed E-state index contributed by atoms with van der Waals surface area (Å²) in [5.41, 5.74) is 13.2. The van der Waals surface area contributed by atoms with Crippen LogP contribution in [0.4, 0.5) is 17.2 Å². The van der Waals surface area contributed by atoms with Gasteiger partial charge in [0, 0.05) is 56.5 Å². The molecular weight excluding hydrogens is 829 g/mol. The minimum Gasteiger partial charge on any atom is -0.365 e. The molecule has 0 bridgehead atoms. The summed E-state index contributed by atoms with van der Waals surface area (Å²) >= 11 is 0. The molecule has 10 rings (SSSR count). The van der Waals surface area contributed by atoms with Crippen LogP contribution >= 0.6 is 0 Å². The minimum atomic E-state index is 0.587. The van der Waals surface area contributed by atoms with Gasteiger partial charge in [-0.15, -0.1) is 0 Å². The number of anilines is 3. The van der Waals surface area contributed by atoms with E-state index in [-0.39, 0.29) is 0 Å². The number of nitrogens with zero attached hydrogens (tertiary/aromatic N) is 4. The summed E-state index contributed by atoms with van der Waals surface area (Å²) in [4.78, 5) is 10.4. The molecule has 0 aliphatic heterocycles. The fraction of sp³-hybridized carbons (Fsp3) is 0.0968. The van der Waals surface area contributed by atoms with E-state index in [0.717, 1.165) is 89.5 Å². The monoisotopic (exact) mass is 886 g/mol. The Labute approximate surface area is 401 Å². The van der Waals surface area contributed by atoms with Gasteiger partial charge in [-0.2, -0.15) is 0 Å². The number of benzene rings is 7. The molecule has 0 aliphatic rings. The second kappa shape index (κ2) is 22.1. The van der Waals surface area contributed by atoms with Gasteiger partial charge < -0.3 is 15.2 Å². The third-order valence-corrected chi connectivity index (χ3v) is 11.6. The Kier molecular flexibility index (Phi) is 15.0. The third kappa shape index (κ3) is 9.72. The Balaban J connectivity index is 0.000000991. The second-order valence-corrected chi connectivity index (χ2v) is 15.8. The van der Waals surface area contributed by atoms with Crippen molar-refractivity contribution in [3.63, 3.8) is 0 Å². The third-order valence-electron chi connectivity index (χ3n) is 11.6. The first-order chi connectivity index (χ1) is 33.6. The molecule has 6 heteroatoms. The number of allylic oxidation sites excluding steroid dienone is 5. The molecule has 0 aliphatic carbocycles. The Bertz CT molecular complexity index is 3300. The van der Waals surface area contributed by atoms with E-state index >= 15 is 0 Å². The maximum absolute atomic E-state index is 5.21.